The smallest absolute Gasteiger partial charge is 0.240 e. The third-order valence-electron chi connectivity index (χ3n) is 4.49. The summed E-state index contributed by atoms with van der Waals surface area (Å²) < 4.78 is 0. The number of carbonyl (C=O) groups is 2. The first-order chi connectivity index (χ1) is 11.4. The van der Waals surface area contributed by atoms with Crippen molar-refractivity contribution >= 4 is 23.2 Å². The van der Waals surface area contributed by atoms with Gasteiger partial charge in [0.15, 0.2) is 0 Å². The third-order valence-corrected chi connectivity index (χ3v) is 4.49. The molecule has 0 spiro atoms. The molecule has 2 rings (SSSR count). The number of rotatable bonds is 6. The Balaban J connectivity index is 2.04. The minimum atomic E-state index is -0.900. The maximum absolute atomic E-state index is 12.2. The summed E-state index contributed by atoms with van der Waals surface area (Å²) in [6.45, 7) is 6.25. The summed E-state index contributed by atoms with van der Waals surface area (Å²) in [6.07, 6.45) is 1.41. The lowest BCUT2D eigenvalue weighted by molar-refractivity contribution is -0.121. The maximum atomic E-state index is 12.2. The van der Waals surface area contributed by atoms with Gasteiger partial charge in [-0.25, -0.2) is 0 Å². The first kappa shape index (κ1) is 17.8. The summed E-state index contributed by atoms with van der Waals surface area (Å²) in [6, 6.07) is 9.61. The van der Waals surface area contributed by atoms with E-state index in [0.29, 0.717) is 13.0 Å². The van der Waals surface area contributed by atoms with E-state index in [-0.39, 0.29) is 24.3 Å². The van der Waals surface area contributed by atoms with Crippen LogP contribution < -0.4 is 15.5 Å². The Labute approximate surface area is 142 Å². The van der Waals surface area contributed by atoms with Crippen molar-refractivity contribution in [2.24, 2.45) is 5.92 Å². The van der Waals surface area contributed by atoms with E-state index < -0.39 is 5.54 Å². The van der Waals surface area contributed by atoms with Crippen LogP contribution in [0.25, 0.3) is 0 Å². The Bertz CT molecular complexity index is 665. The summed E-state index contributed by atoms with van der Waals surface area (Å²) in [5.41, 5.74) is 0.634. The quantitative estimate of drug-likeness (QED) is 0.839. The Morgan fingerprint density at radius 2 is 2.12 bits per heavy atom. The number of amides is 2. The molecule has 0 bridgehead atoms. The zero-order valence-electron chi connectivity index (χ0n) is 14.4. The van der Waals surface area contributed by atoms with E-state index in [4.69, 9.17) is 0 Å². The van der Waals surface area contributed by atoms with E-state index in [9.17, 15) is 14.9 Å². The Hall–Kier alpha value is -2.55. The van der Waals surface area contributed by atoms with Crippen molar-refractivity contribution in [1.29, 1.82) is 5.26 Å². The van der Waals surface area contributed by atoms with Gasteiger partial charge in [0, 0.05) is 13.0 Å². The van der Waals surface area contributed by atoms with Gasteiger partial charge >= 0.3 is 0 Å². The van der Waals surface area contributed by atoms with Crippen LogP contribution in [0.4, 0.5) is 11.4 Å². The molecule has 0 saturated carbocycles. The molecule has 24 heavy (non-hydrogen) atoms. The lowest BCUT2D eigenvalue weighted by Crippen LogP contribution is -2.50. The zero-order chi connectivity index (χ0) is 17.7. The molecule has 2 amide bonds. The van der Waals surface area contributed by atoms with Gasteiger partial charge in [-0.1, -0.05) is 26.0 Å². The van der Waals surface area contributed by atoms with E-state index in [2.05, 4.69) is 16.7 Å². The molecule has 0 aliphatic carbocycles. The van der Waals surface area contributed by atoms with Crippen molar-refractivity contribution in [3.63, 3.8) is 0 Å². The van der Waals surface area contributed by atoms with Crippen LogP contribution in [0.2, 0.25) is 0 Å². The van der Waals surface area contributed by atoms with E-state index in [1.165, 1.54) is 0 Å². The summed E-state index contributed by atoms with van der Waals surface area (Å²) >= 11 is 0. The largest absolute Gasteiger partial charge is 0.374 e. The van der Waals surface area contributed by atoms with Crippen LogP contribution in [0.1, 0.15) is 33.6 Å². The first-order valence-electron chi connectivity index (χ1n) is 8.23. The average Bonchev–Trinajstić information content (AvgIpc) is 2.98. The number of nitriles is 1. The van der Waals surface area contributed by atoms with Crippen LogP contribution in [-0.4, -0.2) is 30.4 Å². The number of nitrogens with one attached hydrogen (secondary N) is 2. The van der Waals surface area contributed by atoms with Gasteiger partial charge in [-0.3, -0.25) is 9.59 Å². The van der Waals surface area contributed by atoms with Crippen molar-refractivity contribution < 1.29 is 9.59 Å². The summed E-state index contributed by atoms with van der Waals surface area (Å²) in [7, 11) is 0. The number of benzene rings is 1. The topological polar surface area (TPSA) is 85.2 Å². The molecule has 2 N–H and O–H groups in total. The van der Waals surface area contributed by atoms with Gasteiger partial charge in [0.05, 0.1) is 24.0 Å². The molecule has 6 heteroatoms. The van der Waals surface area contributed by atoms with Crippen molar-refractivity contribution in [3.8, 4) is 6.07 Å². The molecule has 0 unspecified atom stereocenters. The van der Waals surface area contributed by atoms with Crippen molar-refractivity contribution in [1.82, 2.24) is 5.32 Å². The zero-order valence-corrected chi connectivity index (χ0v) is 14.4. The van der Waals surface area contributed by atoms with Crippen molar-refractivity contribution in [2.45, 2.75) is 39.2 Å². The molecule has 1 aromatic rings. The fourth-order valence-corrected chi connectivity index (χ4v) is 2.57. The minimum absolute atomic E-state index is 0.000887. The van der Waals surface area contributed by atoms with Crippen LogP contribution in [0.5, 0.6) is 0 Å². The minimum Gasteiger partial charge on any atom is -0.374 e. The highest BCUT2D eigenvalue weighted by Gasteiger charge is 2.30. The number of hydrogen-bond donors (Lipinski definition) is 2. The molecule has 1 aromatic carbocycles. The molecular formula is C18H24N4O2. The van der Waals surface area contributed by atoms with Gasteiger partial charge in [-0.2, -0.15) is 5.26 Å². The van der Waals surface area contributed by atoms with Gasteiger partial charge < -0.3 is 15.5 Å². The second kappa shape index (κ2) is 7.35. The molecule has 1 heterocycles. The summed E-state index contributed by atoms with van der Waals surface area (Å²) in [4.78, 5) is 25.9. The van der Waals surface area contributed by atoms with E-state index in [1.807, 2.05) is 38.1 Å². The second-order valence-corrected chi connectivity index (χ2v) is 6.54. The number of carbonyl (C=O) groups excluding carboxylic acids is 2. The lowest BCUT2D eigenvalue weighted by atomic mass is 9.90. The maximum Gasteiger partial charge on any atom is 0.240 e. The van der Waals surface area contributed by atoms with Crippen LogP contribution >= 0.6 is 0 Å². The first-order valence-corrected chi connectivity index (χ1v) is 8.23. The van der Waals surface area contributed by atoms with Crippen LogP contribution in [-0.2, 0) is 9.59 Å². The van der Waals surface area contributed by atoms with E-state index >= 15 is 0 Å². The van der Waals surface area contributed by atoms with Gasteiger partial charge in [-0.05, 0) is 31.4 Å². The summed E-state index contributed by atoms with van der Waals surface area (Å²) in [5, 5.41) is 15.1. The molecule has 1 saturated heterocycles. The van der Waals surface area contributed by atoms with Gasteiger partial charge in [0.25, 0.3) is 0 Å². The second-order valence-electron chi connectivity index (χ2n) is 6.54. The van der Waals surface area contributed by atoms with Gasteiger partial charge in [0.2, 0.25) is 11.8 Å². The fraction of sp³-hybridized carbons (Fsp3) is 0.500. The molecule has 6 nitrogen and oxygen atoms in total. The highest BCUT2D eigenvalue weighted by Crippen LogP contribution is 2.29. The lowest BCUT2D eigenvalue weighted by Gasteiger charge is -2.27. The fourth-order valence-electron chi connectivity index (χ4n) is 2.57. The van der Waals surface area contributed by atoms with Gasteiger partial charge in [-0.15, -0.1) is 0 Å². The third kappa shape index (κ3) is 3.85. The highest BCUT2D eigenvalue weighted by molar-refractivity contribution is 5.98. The van der Waals surface area contributed by atoms with Crippen molar-refractivity contribution in [2.75, 3.05) is 23.3 Å². The van der Waals surface area contributed by atoms with E-state index in [1.54, 1.807) is 11.8 Å². The highest BCUT2D eigenvalue weighted by atomic mass is 16.2. The molecule has 1 fully saturated rings. The number of anilines is 2. The normalized spacial score (nSPS) is 16.6. The average molecular weight is 328 g/mol. The predicted molar refractivity (Wildman–Crippen MR) is 93.5 cm³/mol. The molecular weight excluding hydrogens is 304 g/mol. The monoisotopic (exact) mass is 328 g/mol. The predicted octanol–water partition coefficient (Wildman–Crippen LogP) is 2.28. The molecule has 1 atom stereocenters. The Morgan fingerprint density at radius 3 is 2.71 bits per heavy atom. The molecule has 0 radical (unpaired) electrons. The van der Waals surface area contributed by atoms with Crippen LogP contribution in [0, 0.1) is 17.2 Å². The standard InChI is InChI=1S/C18H24N4O2/c1-13(2)18(3,12-19)21-16(23)11-20-14-7-4-5-8-15(14)22-10-6-9-17(22)24/h4-5,7-8,13,20H,6,9-11H2,1-3H3,(H,21,23)/t18-/m1/s1. The molecule has 1 aliphatic rings. The van der Waals surface area contributed by atoms with Crippen LogP contribution in [0.3, 0.4) is 0 Å². The molecule has 128 valence electrons. The number of nitrogens with zero attached hydrogens (tertiary/aromatic N) is 2. The number of para-hydroxylation sites is 2. The summed E-state index contributed by atoms with van der Waals surface area (Å²) in [5.74, 6) is -0.151. The molecule has 1 aliphatic heterocycles. The van der Waals surface area contributed by atoms with Crippen LogP contribution in [0.15, 0.2) is 24.3 Å². The number of hydrogen-bond acceptors (Lipinski definition) is 4. The van der Waals surface area contributed by atoms with E-state index in [0.717, 1.165) is 17.8 Å². The Morgan fingerprint density at radius 1 is 1.42 bits per heavy atom. The SMILES string of the molecule is CC(C)[C@@](C)(C#N)NC(=O)CNc1ccccc1N1CCCC1=O. The molecule has 0 aromatic heterocycles. The van der Waals surface area contributed by atoms with Crippen molar-refractivity contribution in [3.05, 3.63) is 24.3 Å². The van der Waals surface area contributed by atoms with Gasteiger partial charge in [0.1, 0.15) is 5.54 Å². The Kier molecular flexibility index (Phi) is 5.45.